The van der Waals surface area contributed by atoms with E-state index in [0.29, 0.717) is 0 Å². The highest BCUT2D eigenvalue weighted by Gasteiger charge is 2.31. The molecule has 0 unspecified atom stereocenters. The summed E-state index contributed by atoms with van der Waals surface area (Å²) in [5.74, 6) is 0. The molecule has 0 aliphatic heterocycles. The lowest BCUT2D eigenvalue weighted by Crippen LogP contribution is -2.44. The fourth-order valence-electron chi connectivity index (χ4n) is 2.00. The van der Waals surface area contributed by atoms with Gasteiger partial charge in [-0.25, -0.2) is 0 Å². The van der Waals surface area contributed by atoms with Crippen molar-refractivity contribution in [3.05, 3.63) is 22.8 Å². The van der Waals surface area contributed by atoms with E-state index in [9.17, 15) is 0 Å². The van der Waals surface area contributed by atoms with Crippen LogP contribution in [-0.2, 0) is 8.85 Å². The SMILES string of the molecule is C/C=C\C(=C(/C)Cl)[C@@H](O[Si](C)(C)C)[C@H](C)O[Si](C)(C)C. The molecule has 0 spiro atoms. The van der Waals surface area contributed by atoms with Gasteiger partial charge < -0.3 is 8.85 Å². The topological polar surface area (TPSA) is 18.5 Å². The van der Waals surface area contributed by atoms with Gasteiger partial charge in [0, 0.05) is 5.03 Å². The fourth-order valence-corrected chi connectivity index (χ4v) is 4.49. The van der Waals surface area contributed by atoms with E-state index in [1.165, 1.54) is 0 Å². The van der Waals surface area contributed by atoms with Crippen LogP contribution >= 0.6 is 11.6 Å². The molecule has 0 bridgehead atoms. The summed E-state index contributed by atoms with van der Waals surface area (Å²) in [7, 11) is -3.30. The van der Waals surface area contributed by atoms with Gasteiger partial charge in [0.2, 0.25) is 0 Å². The second-order valence-electron chi connectivity index (χ2n) is 7.07. The minimum absolute atomic E-state index is 0.00768. The van der Waals surface area contributed by atoms with Gasteiger partial charge in [-0.2, -0.15) is 0 Å². The van der Waals surface area contributed by atoms with Crippen molar-refractivity contribution in [1.82, 2.24) is 0 Å². The molecule has 0 radical (unpaired) electrons. The number of hydrogen-bond acceptors (Lipinski definition) is 2. The van der Waals surface area contributed by atoms with E-state index in [1.54, 1.807) is 0 Å². The van der Waals surface area contributed by atoms with Crippen molar-refractivity contribution in [3.8, 4) is 0 Å². The van der Waals surface area contributed by atoms with E-state index in [0.717, 1.165) is 10.6 Å². The predicted octanol–water partition coefficient (Wildman–Crippen LogP) is 5.54. The lowest BCUT2D eigenvalue weighted by molar-refractivity contribution is 0.0805. The summed E-state index contributed by atoms with van der Waals surface area (Å²) in [6, 6.07) is 0. The van der Waals surface area contributed by atoms with Crippen LogP contribution in [0.15, 0.2) is 22.8 Å². The molecule has 2 nitrogen and oxygen atoms in total. The van der Waals surface area contributed by atoms with Crippen LogP contribution in [-0.4, -0.2) is 28.8 Å². The summed E-state index contributed by atoms with van der Waals surface area (Å²) in [5.41, 5.74) is 1.03. The monoisotopic (exact) mass is 334 g/mol. The van der Waals surface area contributed by atoms with Crippen molar-refractivity contribution >= 4 is 28.2 Å². The maximum absolute atomic E-state index is 6.36. The minimum Gasteiger partial charge on any atom is -0.412 e. The van der Waals surface area contributed by atoms with E-state index >= 15 is 0 Å². The third-order valence-electron chi connectivity index (χ3n) is 2.50. The molecular formula is C15H31ClO2Si2. The van der Waals surface area contributed by atoms with Crippen molar-refractivity contribution in [2.45, 2.75) is 72.3 Å². The highest BCUT2D eigenvalue weighted by atomic mass is 35.5. The molecule has 0 saturated carbocycles. The Morgan fingerprint density at radius 3 is 1.75 bits per heavy atom. The molecular weight excluding hydrogens is 304 g/mol. The van der Waals surface area contributed by atoms with Crippen LogP contribution in [0.3, 0.4) is 0 Å². The Morgan fingerprint density at radius 1 is 1.00 bits per heavy atom. The molecule has 0 aromatic heterocycles. The normalized spacial score (nSPS) is 18.1. The van der Waals surface area contributed by atoms with E-state index in [1.807, 2.05) is 26.0 Å². The largest absolute Gasteiger partial charge is 0.412 e. The van der Waals surface area contributed by atoms with Crippen molar-refractivity contribution in [2.75, 3.05) is 0 Å². The summed E-state index contributed by atoms with van der Waals surface area (Å²) in [4.78, 5) is 0. The molecule has 0 amide bonds. The molecule has 0 fully saturated rings. The van der Waals surface area contributed by atoms with Gasteiger partial charge in [0.1, 0.15) is 0 Å². The first-order valence-corrected chi connectivity index (χ1v) is 14.4. The highest BCUT2D eigenvalue weighted by molar-refractivity contribution is 6.70. The Labute approximate surface area is 132 Å². The van der Waals surface area contributed by atoms with Crippen LogP contribution in [0.1, 0.15) is 20.8 Å². The van der Waals surface area contributed by atoms with Crippen LogP contribution in [0.2, 0.25) is 39.3 Å². The average Bonchev–Trinajstić information content (AvgIpc) is 2.18. The van der Waals surface area contributed by atoms with Crippen LogP contribution in [0.25, 0.3) is 0 Å². The van der Waals surface area contributed by atoms with Crippen LogP contribution in [0.4, 0.5) is 0 Å². The molecule has 118 valence electrons. The molecule has 0 aromatic rings. The Balaban J connectivity index is 5.43. The zero-order valence-electron chi connectivity index (χ0n) is 14.5. The number of hydrogen-bond donors (Lipinski definition) is 0. The van der Waals surface area contributed by atoms with Crippen molar-refractivity contribution in [2.24, 2.45) is 0 Å². The maximum atomic E-state index is 6.36. The Hall–Kier alpha value is 0.124. The van der Waals surface area contributed by atoms with E-state index in [2.05, 4.69) is 46.2 Å². The fraction of sp³-hybridized carbons (Fsp3) is 0.733. The van der Waals surface area contributed by atoms with E-state index < -0.39 is 16.6 Å². The third kappa shape index (κ3) is 8.42. The highest BCUT2D eigenvalue weighted by Crippen LogP contribution is 2.26. The molecule has 2 atom stereocenters. The minimum atomic E-state index is -1.69. The zero-order valence-corrected chi connectivity index (χ0v) is 17.3. The van der Waals surface area contributed by atoms with Gasteiger partial charge in [-0.15, -0.1) is 0 Å². The molecule has 0 saturated heterocycles. The molecule has 0 heterocycles. The summed E-state index contributed by atoms with van der Waals surface area (Å²) in [6.45, 7) is 19.2. The van der Waals surface area contributed by atoms with Crippen molar-refractivity contribution in [1.29, 1.82) is 0 Å². The molecule has 0 N–H and O–H groups in total. The first kappa shape index (κ1) is 20.1. The lowest BCUT2D eigenvalue weighted by atomic mass is 10.1. The maximum Gasteiger partial charge on any atom is 0.184 e. The van der Waals surface area contributed by atoms with Crippen LogP contribution < -0.4 is 0 Å². The smallest absolute Gasteiger partial charge is 0.184 e. The van der Waals surface area contributed by atoms with Crippen molar-refractivity contribution in [3.63, 3.8) is 0 Å². The average molecular weight is 335 g/mol. The van der Waals surface area contributed by atoms with E-state index in [4.69, 9.17) is 20.5 Å². The summed E-state index contributed by atoms with van der Waals surface area (Å²) in [5, 5.41) is 0.775. The molecule has 20 heavy (non-hydrogen) atoms. The number of allylic oxidation sites excluding steroid dienone is 2. The Bertz CT molecular complexity index is 361. The quantitative estimate of drug-likeness (QED) is 0.450. The molecule has 0 rings (SSSR count). The second kappa shape index (κ2) is 7.94. The van der Waals surface area contributed by atoms with Crippen LogP contribution in [0, 0.1) is 0 Å². The first-order chi connectivity index (χ1) is 8.87. The first-order valence-electron chi connectivity index (χ1n) is 7.22. The molecule has 5 heteroatoms. The van der Waals surface area contributed by atoms with Gasteiger partial charge >= 0.3 is 0 Å². The van der Waals surface area contributed by atoms with Gasteiger partial charge in [-0.3, -0.25) is 0 Å². The van der Waals surface area contributed by atoms with Gasteiger partial charge in [-0.1, -0.05) is 23.8 Å². The predicted molar refractivity (Wildman–Crippen MR) is 95.5 cm³/mol. The van der Waals surface area contributed by atoms with Gasteiger partial charge in [-0.05, 0) is 65.6 Å². The van der Waals surface area contributed by atoms with Gasteiger partial charge in [0.25, 0.3) is 0 Å². The summed E-state index contributed by atoms with van der Waals surface area (Å²) in [6.07, 6.45) is 3.95. The lowest BCUT2D eigenvalue weighted by Gasteiger charge is -2.35. The summed E-state index contributed by atoms with van der Waals surface area (Å²) < 4.78 is 12.6. The standard InChI is InChI=1S/C15H31ClO2Si2/c1-10-11-14(12(2)16)15(18-20(7,8)9)13(3)17-19(4,5)6/h10-11,13,15H,1-9H3/b11-10-,14-12-/t13-,15-/m0/s1. The number of rotatable bonds is 7. The molecule has 0 aliphatic rings. The molecule has 0 aliphatic carbocycles. The van der Waals surface area contributed by atoms with Gasteiger partial charge in [0.15, 0.2) is 16.6 Å². The second-order valence-corrected chi connectivity index (χ2v) is 16.6. The Kier molecular flexibility index (Phi) is 7.99. The van der Waals surface area contributed by atoms with E-state index in [-0.39, 0.29) is 12.2 Å². The van der Waals surface area contributed by atoms with Crippen molar-refractivity contribution < 1.29 is 8.85 Å². The summed E-state index contributed by atoms with van der Waals surface area (Å²) >= 11 is 6.28. The molecule has 0 aromatic carbocycles. The number of halogens is 1. The third-order valence-corrected chi connectivity index (χ3v) is 4.75. The Morgan fingerprint density at radius 2 is 1.45 bits per heavy atom. The zero-order chi connectivity index (χ0) is 16.1. The van der Waals surface area contributed by atoms with Crippen LogP contribution in [0.5, 0.6) is 0 Å². The van der Waals surface area contributed by atoms with Gasteiger partial charge in [0.05, 0.1) is 12.2 Å².